The number of rotatable bonds is 8. The molecule has 174 valence electrons. The molecule has 4 rings (SSSR count). The van der Waals surface area contributed by atoms with Crippen molar-refractivity contribution in [2.24, 2.45) is 0 Å². The van der Waals surface area contributed by atoms with Gasteiger partial charge in [-0.05, 0) is 54.8 Å². The lowest BCUT2D eigenvalue weighted by Crippen LogP contribution is -2.45. The number of methoxy groups -OCH3 is 1. The molecule has 0 spiro atoms. The first-order chi connectivity index (χ1) is 15.9. The minimum atomic E-state index is -0.206. The van der Waals surface area contributed by atoms with Gasteiger partial charge in [-0.15, -0.1) is 0 Å². The quantitative estimate of drug-likeness (QED) is 0.490. The van der Waals surface area contributed by atoms with E-state index in [4.69, 9.17) is 4.74 Å². The predicted molar refractivity (Wildman–Crippen MR) is 131 cm³/mol. The Morgan fingerprint density at radius 2 is 1.91 bits per heavy atom. The molecule has 0 aromatic heterocycles. The zero-order chi connectivity index (χ0) is 23.4. The molecule has 0 bridgehead atoms. The fourth-order valence-corrected chi connectivity index (χ4v) is 4.61. The van der Waals surface area contributed by atoms with Crippen molar-refractivity contribution in [2.45, 2.75) is 51.5 Å². The van der Waals surface area contributed by atoms with Gasteiger partial charge in [0.1, 0.15) is 11.5 Å². The monoisotopic (exact) mass is 447 g/mol. The maximum Gasteiger partial charge on any atom is 0.237 e. The molecule has 33 heavy (non-hydrogen) atoms. The Labute approximate surface area is 195 Å². The Kier molecular flexibility index (Phi) is 7.16. The molecule has 1 fully saturated rings. The Hall–Kier alpha value is -3.09. The van der Waals surface area contributed by atoms with E-state index in [-0.39, 0.29) is 29.8 Å². The number of carbonyl (C=O) groups is 1. The van der Waals surface area contributed by atoms with Gasteiger partial charge in [0.15, 0.2) is 0 Å². The van der Waals surface area contributed by atoms with Gasteiger partial charge in [0.2, 0.25) is 5.91 Å². The lowest BCUT2D eigenvalue weighted by Gasteiger charge is -2.25. The molecule has 1 amide bonds. The highest BCUT2D eigenvalue weighted by Gasteiger charge is 2.36. The summed E-state index contributed by atoms with van der Waals surface area (Å²) in [6, 6.07) is 20.0. The van der Waals surface area contributed by atoms with Crippen molar-refractivity contribution in [2.75, 3.05) is 13.7 Å². The number of phenolic OH excluding ortho intramolecular Hbond substituents is 1. The van der Waals surface area contributed by atoms with E-state index in [1.807, 2.05) is 19.9 Å². The van der Waals surface area contributed by atoms with Gasteiger partial charge in [0.25, 0.3) is 0 Å². The minimum Gasteiger partial charge on any atom is -0.508 e. The van der Waals surface area contributed by atoms with Gasteiger partial charge >= 0.3 is 0 Å². The number of likely N-dealkylation sites (tertiary alicyclic amines) is 1. The third-order valence-corrected chi connectivity index (χ3v) is 6.26. The Bertz CT molecular complexity index is 1110. The molecule has 1 aliphatic rings. The van der Waals surface area contributed by atoms with Crippen molar-refractivity contribution in [3.05, 3.63) is 71.8 Å². The van der Waals surface area contributed by atoms with Gasteiger partial charge in [-0.25, -0.2) is 0 Å². The molecule has 0 saturated carbocycles. The van der Waals surface area contributed by atoms with Crippen LogP contribution in [0.1, 0.15) is 31.4 Å². The minimum absolute atomic E-state index is 0.0683. The highest BCUT2D eigenvalue weighted by atomic mass is 16.5. The molecule has 6 nitrogen and oxygen atoms in total. The lowest BCUT2D eigenvalue weighted by molar-refractivity contribution is -0.126. The molecule has 0 radical (unpaired) electrons. The third kappa shape index (κ3) is 5.46. The molecule has 3 aromatic carbocycles. The van der Waals surface area contributed by atoms with Crippen LogP contribution in [0.5, 0.6) is 11.5 Å². The van der Waals surface area contributed by atoms with E-state index in [2.05, 4.69) is 58.0 Å². The zero-order valence-electron chi connectivity index (χ0n) is 19.5. The number of amides is 1. The Morgan fingerprint density at radius 3 is 2.70 bits per heavy atom. The fourth-order valence-electron chi connectivity index (χ4n) is 4.61. The summed E-state index contributed by atoms with van der Waals surface area (Å²) in [5.41, 5.74) is 2.01. The van der Waals surface area contributed by atoms with E-state index in [1.54, 1.807) is 19.2 Å². The number of fused-ring (bicyclic) bond motifs is 1. The Morgan fingerprint density at radius 1 is 1.12 bits per heavy atom. The first-order valence-corrected chi connectivity index (χ1v) is 11.5. The van der Waals surface area contributed by atoms with E-state index < -0.39 is 0 Å². The Balaban J connectivity index is 1.51. The standard InChI is InChI=1S/C27H33N3O3/c1-18(2)29-27(32)25-14-22(28-15-21-13-23(33-3)11-12-26(21)31)17-30(25)16-20-9-6-8-19-7-4-5-10-24(19)20/h4-13,18,22,25,28,31H,14-17H2,1-3H3,(H,29,32)/t22-,25-/m0/s1. The van der Waals surface area contributed by atoms with E-state index in [0.29, 0.717) is 25.3 Å². The van der Waals surface area contributed by atoms with Crippen LogP contribution in [0.4, 0.5) is 0 Å². The summed E-state index contributed by atoms with van der Waals surface area (Å²) in [4.78, 5) is 15.3. The molecule has 0 aliphatic carbocycles. The number of ether oxygens (including phenoxy) is 1. The molecule has 1 aliphatic heterocycles. The first kappa shape index (κ1) is 23.1. The van der Waals surface area contributed by atoms with Crippen LogP contribution in [0.15, 0.2) is 60.7 Å². The number of carbonyl (C=O) groups excluding carboxylic acids is 1. The maximum atomic E-state index is 13.0. The summed E-state index contributed by atoms with van der Waals surface area (Å²) in [6.07, 6.45) is 0.716. The average molecular weight is 448 g/mol. The van der Waals surface area contributed by atoms with Crippen LogP contribution in [0.25, 0.3) is 10.8 Å². The molecule has 3 aromatic rings. The van der Waals surface area contributed by atoms with Crippen LogP contribution < -0.4 is 15.4 Å². The zero-order valence-corrected chi connectivity index (χ0v) is 19.5. The fraction of sp³-hybridized carbons (Fsp3) is 0.370. The van der Waals surface area contributed by atoms with Crippen molar-refractivity contribution in [3.63, 3.8) is 0 Å². The molecule has 1 saturated heterocycles. The van der Waals surface area contributed by atoms with E-state index in [0.717, 1.165) is 12.1 Å². The van der Waals surface area contributed by atoms with Crippen LogP contribution in [-0.4, -0.2) is 47.7 Å². The summed E-state index contributed by atoms with van der Waals surface area (Å²) in [7, 11) is 1.61. The predicted octanol–water partition coefficient (Wildman–Crippen LogP) is 3.81. The van der Waals surface area contributed by atoms with Gasteiger partial charge in [-0.2, -0.15) is 0 Å². The number of hydrogen-bond donors (Lipinski definition) is 3. The maximum absolute atomic E-state index is 13.0. The van der Waals surface area contributed by atoms with Gasteiger partial charge in [0.05, 0.1) is 13.2 Å². The normalized spacial score (nSPS) is 18.7. The molecule has 2 atom stereocenters. The molecule has 0 unspecified atom stereocenters. The van der Waals surface area contributed by atoms with Gasteiger partial charge in [-0.3, -0.25) is 9.69 Å². The van der Waals surface area contributed by atoms with E-state index >= 15 is 0 Å². The summed E-state index contributed by atoms with van der Waals surface area (Å²) in [5.74, 6) is 1.02. The van der Waals surface area contributed by atoms with Gasteiger partial charge in [0, 0.05) is 37.3 Å². The third-order valence-electron chi connectivity index (χ3n) is 6.26. The van der Waals surface area contributed by atoms with Crippen molar-refractivity contribution in [3.8, 4) is 11.5 Å². The van der Waals surface area contributed by atoms with Crippen LogP contribution in [-0.2, 0) is 17.9 Å². The van der Waals surface area contributed by atoms with Crippen molar-refractivity contribution in [1.29, 1.82) is 0 Å². The number of nitrogens with zero attached hydrogens (tertiary/aromatic N) is 1. The molecule has 6 heteroatoms. The molecular formula is C27H33N3O3. The highest BCUT2D eigenvalue weighted by Crippen LogP contribution is 2.27. The van der Waals surface area contributed by atoms with Crippen molar-refractivity contribution >= 4 is 16.7 Å². The van der Waals surface area contributed by atoms with E-state index in [1.165, 1.54) is 16.3 Å². The van der Waals surface area contributed by atoms with Gasteiger partial charge < -0.3 is 20.5 Å². The van der Waals surface area contributed by atoms with Crippen molar-refractivity contribution in [1.82, 2.24) is 15.5 Å². The molecule has 1 heterocycles. The van der Waals surface area contributed by atoms with Crippen LogP contribution >= 0.6 is 0 Å². The number of hydrogen-bond acceptors (Lipinski definition) is 5. The summed E-state index contributed by atoms with van der Waals surface area (Å²) < 4.78 is 5.29. The second-order valence-corrected chi connectivity index (χ2v) is 9.05. The molecular weight excluding hydrogens is 414 g/mol. The average Bonchev–Trinajstić information content (AvgIpc) is 3.21. The topological polar surface area (TPSA) is 73.8 Å². The lowest BCUT2D eigenvalue weighted by atomic mass is 10.0. The summed E-state index contributed by atoms with van der Waals surface area (Å²) >= 11 is 0. The largest absolute Gasteiger partial charge is 0.508 e. The number of benzene rings is 3. The van der Waals surface area contributed by atoms with Crippen LogP contribution in [0, 0.1) is 0 Å². The summed E-state index contributed by atoms with van der Waals surface area (Å²) in [6.45, 7) is 5.95. The second-order valence-electron chi connectivity index (χ2n) is 9.05. The number of aromatic hydroxyl groups is 1. The van der Waals surface area contributed by atoms with Crippen LogP contribution in [0.2, 0.25) is 0 Å². The summed E-state index contributed by atoms with van der Waals surface area (Å²) in [5, 5.41) is 19.3. The number of phenols is 1. The SMILES string of the molecule is COc1ccc(O)c(CN[C@H]2C[C@@H](C(=O)NC(C)C)N(Cc3cccc4ccccc34)C2)c1. The first-order valence-electron chi connectivity index (χ1n) is 11.5. The smallest absolute Gasteiger partial charge is 0.237 e. The van der Waals surface area contributed by atoms with Crippen molar-refractivity contribution < 1.29 is 14.6 Å². The molecule has 3 N–H and O–H groups in total. The van der Waals surface area contributed by atoms with Crippen LogP contribution in [0.3, 0.4) is 0 Å². The second kappa shape index (κ2) is 10.2. The van der Waals surface area contributed by atoms with E-state index in [9.17, 15) is 9.90 Å². The van der Waals surface area contributed by atoms with Gasteiger partial charge in [-0.1, -0.05) is 42.5 Å². The highest BCUT2D eigenvalue weighted by molar-refractivity contribution is 5.86. The number of nitrogens with one attached hydrogen (secondary N) is 2.